The molecule has 0 saturated carbocycles. The van der Waals surface area contributed by atoms with Gasteiger partial charge in [-0.1, -0.05) is 36.4 Å². The van der Waals surface area contributed by atoms with E-state index in [4.69, 9.17) is 0 Å². The summed E-state index contributed by atoms with van der Waals surface area (Å²) in [7, 11) is 0. The second kappa shape index (κ2) is 6.37. The maximum absolute atomic E-state index is 14.2. The van der Waals surface area contributed by atoms with Crippen LogP contribution < -0.4 is 0 Å². The fourth-order valence-corrected chi connectivity index (χ4v) is 3.30. The lowest BCUT2D eigenvalue weighted by atomic mass is 10.1. The standard InChI is InChI=1S/C20H19FN4O/c1-13-8-9-16(17(21)12-13)20(26)24-10-11-25-19(14(24)2)22-18(23-25)15-6-4-3-5-7-15/h3-9,12,14H,10-11H2,1-2H3/t14-/m0/s1. The Hall–Kier alpha value is -3.02. The summed E-state index contributed by atoms with van der Waals surface area (Å²) in [6.07, 6.45) is 0. The number of nitrogens with zero attached hydrogens (tertiary/aromatic N) is 4. The van der Waals surface area contributed by atoms with Crippen molar-refractivity contribution < 1.29 is 9.18 Å². The Morgan fingerprint density at radius 1 is 1.15 bits per heavy atom. The monoisotopic (exact) mass is 350 g/mol. The lowest BCUT2D eigenvalue weighted by Crippen LogP contribution is -2.41. The number of fused-ring (bicyclic) bond motifs is 1. The van der Waals surface area contributed by atoms with Gasteiger partial charge in [-0.05, 0) is 31.5 Å². The minimum Gasteiger partial charge on any atom is -0.327 e. The molecule has 1 amide bonds. The second-order valence-electron chi connectivity index (χ2n) is 6.54. The van der Waals surface area contributed by atoms with Crippen molar-refractivity contribution in [3.63, 3.8) is 0 Å². The molecule has 4 rings (SSSR count). The largest absolute Gasteiger partial charge is 0.327 e. The topological polar surface area (TPSA) is 51.0 Å². The van der Waals surface area contributed by atoms with E-state index < -0.39 is 5.82 Å². The highest BCUT2D eigenvalue weighted by molar-refractivity contribution is 5.94. The van der Waals surface area contributed by atoms with Crippen molar-refractivity contribution >= 4 is 5.91 Å². The number of hydrogen-bond donors (Lipinski definition) is 0. The fourth-order valence-electron chi connectivity index (χ4n) is 3.30. The van der Waals surface area contributed by atoms with Gasteiger partial charge in [-0.15, -0.1) is 0 Å². The van der Waals surface area contributed by atoms with E-state index in [9.17, 15) is 9.18 Å². The maximum Gasteiger partial charge on any atom is 0.257 e. The lowest BCUT2D eigenvalue weighted by molar-refractivity contribution is 0.0626. The van der Waals surface area contributed by atoms with Crippen molar-refractivity contribution in [2.45, 2.75) is 26.4 Å². The third-order valence-electron chi connectivity index (χ3n) is 4.74. The summed E-state index contributed by atoms with van der Waals surface area (Å²) in [6, 6.07) is 14.1. The van der Waals surface area contributed by atoms with Crippen LogP contribution in [0.1, 0.15) is 34.7 Å². The van der Waals surface area contributed by atoms with E-state index in [-0.39, 0.29) is 17.5 Å². The maximum atomic E-state index is 14.2. The summed E-state index contributed by atoms with van der Waals surface area (Å²) in [5.41, 5.74) is 1.82. The molecule has 1 aliphatic heterocycles. The van der Waals surface area contributed by atoms with Gasteiger partial charge in [0, 0.05) is 12.1 Å². The average molecular weight is 350 g/mol. The molecule has 5 nitrogen and oxygen atoms in total. The molecule has 0 aliphatic carbocycles. The molecular weight excluding hydrogens is 331 g/mol. The Balaban J connectivity index is 1.65. The number of halogens is 1. The number of carbonyl (C=O) groups is 1. The molecule has 132 valence electrons. The summed E-state index contributed by atoms with van der Waals surface area (Å²) in [5.74, 6) is 0.559. The van der Waals surface area contributed by atoms with Crippen LogP contribution in [0, 0.1) is 12.7 Å². The summed E-state index contributed by atoms with van der Waals surface area (Å²) in [5, 5.41) is 4.56. The highest BCUT2D eigenvalue weighted by Crippen LogP contribution is 2.28. The van der Waals surface area contributed by atoms with Crippen LogP contribution in [0.2, 0.25) is 0 Å². The smallest absolute Gasteiger partial charge is 0.257 e. The minimum absolute atomic E-state index is 0.0960. The molecule has 0 radical (unpaired) electrons. The van der Waals surface area contributed by atoms with Crippen molar-refractivity contribution in [1.82, 2.24) is 19.7 Å². The normalized spacial score (nSPS) is 16.4. The zero-order valence-electron chi connectivity index (χ0n) is 14.7. The molecule has 0 bridgehead atoms. The molecule has 1 aliphatic rings. The van der Waals surface area contributed by atoms with Crippen LogP contribution >= 0.6 is 0 Å². The van der Waals surface area contributed by atoms with Gasteiger partial charge in [-0.25, -0.2) is 14.1 Å². The second-order valence-corrected chi connectivity index (χ2v) is 6.54. The molecule has 0 spiro atoms. The number of hydrogen-bond acceptors (Lipinski definition) is 3. The van der Waals surface area contributed by atoms with E-state index in [0.29, 0.717) is 18.9 Å². The SMILES string of the molecule is Cc1ccc(C(=O)N2CCn3nc(-c4ccccc4)nc3[C@@H]2C)c(F)c1. The van der Waals surface area contributed by atoms with Crippen LogP contribution in [0.3, 0.4) is 0 Å². The first kappa shape index (κ1) is 16.4. The van der Waals surface area contributed by atoms with E-state index in [1.807, 2.05) is 41.9 Å². The number of rotatable bonds is 2. The van der Waals surface area contributed by atoms with Gasteiger partial charge in [-0.3, -0.25) is 4.79 Å². The molecule has 1 atom stereocenters. The molecule has 0 unspecified atom stereocenters. The minimum atomic E-state index is -0.487. The molecule has 0 N–H and O–H groups in total. The van der Waals surface area contributed by atoms with E-state index in [0.717, 1.165) is 17.0 Å². The Kier molecular flexibility index (Phi) is 4.03. The van der Waals surface area contributed by atoms with Crippen molar-refractivity contribution in [1.29, 1.82) is 0 Å². The van der Waals surface area contributed by atoms with Crippen LogP contribution in [0.15, 0.2) is 48.5 Å². The molecule has 0 saturated heterocycles. The van der Waals surface area contributed by atoms with Crippen LogP contribution in [0.25, 0.3) is 11.4 Å². The van der Waals surface area contributed by atoms with E-state index in [1.54, 1.807) is 24.0 Å². The van der Waals surface area contributed by atoms with Gasteiger partial charge in [-0.2, -0.15) is 5.10 Å². The van der Waals surface area contributed by atoms with Gasteiger partial charge in [0.1, 0.15) is 11.6 Å². The van der Waals surface area contributed by atoms with E-state index in [2.05, 4.69) is 10.1 Å². The van der Waals surface area contributed by atoms with Crippen LogP contribution in [0.4, 0.5) is 4.39 Å². The summed E-state index contributed by atoms with van der Waals surface area (Å²) < 4.78 is 16.1. The van der Waals surface area contributed by atoms with E-state index >= 15 is 0 Å². The Morgan fingerprint density at radius 2 is 1.92 bits per heavy atom. The number of aryl methyl sites for hydroxylation is 1. The Bertz CT molecular complexity index is 967. The molecule has 1 aromatic heterocycles. The van der Waals surface area contributed by atoms with Gasteiger partial charge in [0.2, 0.25) is 0 Å². The lowest BCUT2D eigenvalue weighted by Gasteiger charge is -2.33. The predicted octanol–water partition coefficient (Wildman–Crippen LogP) is 3.61. The Morgan fingerprint density at radius 3 is 2.65 bits per heavy atom. The third kappa shape index (κ3) is 2.77. The summed E-state index contributed by atoms with van der Waals surface area (Å²) in [4.78, 5) is 19.1. The molecule has 26 heavy (non-hydrogen) atoms. The molecule has 2 aromatic carbocycles. The van der Waals surface area contributed by atoms with Crippen molar-refractivity contribution in [3.05, 3.63) is 71.3 Å². The first-order chi connectivity index (χ1) is 12.5. The van der Waals surface area contributed by atoms with Crippen molar-refractivity contribution in [2.24, 2.45) is 0 Å². The van der Waals surface area contributed by atoms with Gasteiger partial charge in [0.15, 0.2) is 5.82 Å². The van der Waals surface area contributed by atoms with E-state index in [1.165, 1.54) is 6.07 Å². The zero-order chi connectivity index (χ0) is 18.3. The average Bonchev–Trinajstić information content (AvgIpc) is 3.08. The number of amides is 1. The predicted molar refractivity (Wildman–Crippen MR) is 96.0 cm³/mol. The highest BCUT2D eigenvalue weighted by Gasteiger charge is 2.32. The summed E-state index contributed by atoms with van der Waals surface area (Å²) in [6.45, 7) is 4.71. The van der Waals surface area contributed by atoms with Crippen LogP contribution in [-0.4, -0.2) is 32.1 Å². The van der Waals surface area contributed by atoms with Gasteiger partial charge < -0.3 is 4.90 Å². The van der Waals surface area contributed by atoms with Gasteiger partial charge in [0.05, 0.1) is 18.2 Å². The quantitative estimate of drug-likeness (QED) is 0.709. The molecule has 6 heteroatoms. The van der Waals surface area contributed by atoms with Gasteiger partial charge in [0.25, 0.3) is 5.91 Å². The Labute approximate surface area is 151 Å². The first-order valence-corrected chi connectivity index (χ1v) is 8.62. The van der Waals surface area contributed by atoms with Gasteiger partial charge >= 0.3 is 0 Å². The highest BCUT2D eigenvalue weighted by atomic mass is 19.1. The van der Waals surface area contributed by atoms with Crippen molar-refractivity contribution in [2.75, 3.05) is 6.54 Å². The van der Waals surface area contributed by atoms with Crippen LogP contribution in [0.5, 0.6) is 0 Å². The molecule has 3 aromatic rings. The zero-order valence-corrected chi connectivity index (χ0v) is 14.7. The molecule has 0 fully saturated rings. The first-order valence-electron chi connectivity index (χ1n) is 8.62. The van der Waals surface area contributed by atoms with Crippen molar-refractivity contribution in [3.8, 4) is 11.4 Å². The molecular formula is C20H19FN4O. The van der Waals surface area contributed by atoms with Crippen LogP contribution in [-0.2, 0) is 6.54 Å². The summed E-state index contributed by atoms with van der Waals surface area (Å²) >= 11 is 0. The number of benzene rings is 2. The fraction of sp³-hybridized carbons (Fsp3) is 0.250. The third-order valence-corrected chi connectivity index (χ3v) is 4.74. The number of aromatic nitrogens is 3. The number of carbonyl (C=O) groups excluding carboxylic acids is 1. The molecule has 2 heterocycles.